The molecule has 0 spiro atoms. The van der Waals surface area contributed by atoms with Gasteiger partial charge in [0.25, 0.3) is 0 Å². The molecule has 0 radical (unpaired) electrons. The van der Waals surface area contributed by atoms with Crippen LogP contribution in [0, 0.1) is 0 Å². The zero-order valence-corrected chi connectivity index (χ0v) is 11.5. The van der Waals surface area contributed by atoms with Crippen LogP contribution in [0.25, 0.3) is 0 Å². The molecular formula is C13H14ClN3O3. The van der Waals surface area contributed by atoms with Gasteiger partial charge in [0.15, 0.2) is 5.15 Å². The maximum atomic E-state index is 11.7. The van der Waals surface area contributed by atoms with E-state index in [1.807, 2.05) is 0 Å². The van der Waals surface area contributed by atoms with Crippen LogP contribution in [0.3, 0.4) is 0 Å². The molecule has 0 aliphatic carbocycles. The van der Waals surface area contributed by atoms with Crippen LogP contribution in [0.2, 0.25) is 5.15 Å². The summed E-state index contributed by atoms with van der Waals surface area (Å²) in [5, 5.41) is 15.4. The van der Waals surface area contributed by atoms with E-state index < -0.39 is 11.6 Å². The van der Waals surface area contributed by atoms with Gasteiger partial charge in [0.05, 0.1) is 18.5 Å². The minimum Gasteiger partial charge on any atom is -0.466 e. The Bertz CT molecular complexity index is 584. The maximum absolute atomic E-state index is 11.7. The van der Waals surface area contributed by atoms with Gasteiger partial charge in [-0.2, -0.15) is 0 Å². The Morgan fingerprint density at radius 2 is 2.30 bits per heavy atom. The van der Waals surface area contributed by atoms with Gasteiger partial charge in [0.2, 0.25) is 0 Å². The van der Waals surface area contributed by atoms with Gasteiger partial charge in [0, 0.05) is 6.20 Å². The monoisotopic (exact) mass is 295 g/mol. The highest BCUT2D eigenvalue weighted by Crippen LogP contribution is 2.20. The highest BCUT2D eigenvalue weighted by Gasteiger charge is 2.26. The number of rotatable bonds is 4. The molecule has 2 rings (SSSR count). The minimum atomic E-state index is -1.29. The van der Waals surface area contributed by atoms with Crippen molar-refractivity contribution in [3.05, 3.63) is 47.6 Å². The van der Waals surface area contributed by atoms with E-state index >= 15 is 0 Å². The zero-order valence-electron chi connectivity index (χ0n) is 10.8. The molecule has 0 bridgehead atoms. The van der Waals surface area contributed by atoms with Crippen molar-refractivity contribution in [1.82, 2.24) is 10.3 Å². The molecule has 0 saturated carbocycles. The number of anilines is 1. The number of carbonyl (C=O) groups is 1. The van der Waals surface area contributed by atoms with Crippen LogP contribution in [0.5, 0.6) is 0 Å². The topological polar surface area (TPSA) is 87.4 Å². The fraction of sp³-hybridized carbons (Fsp3) is 0.231. The molecule has 106 valence electrons. The lowest BCUT2D eigenvalue weighted by molar-refractivity contribution is 0.0372. The summed E-state index contributed by atoms with van der Waals surface area (Å²) in [6, 6.07) is 6.09. The van der Waals surface area contributed by atoms with Crippen molar-refractivity contribution in [2.24, 2.45) is 0 Å². The molecule has 0 saturated heterocycles. The third kappa shape index (κ3) is 3.49. The summed E-state index contributed by atoms with van der Waals surface area (Å²) < 4.78 is 5.12. The molecule has 0 unspecified atom stereocenters. The van der Waals surface area contributed by atoms with Gasteiger partial charge >= 0.3 is 6.03 Å². The lowest BCUT2D eigenvalue weighted by Crippen LogP contribution is -2.40. The molecule has 20 heavy (non-hydrogen) atoms. The molecule has 1 atom stereocenters. The largest absolute Gasteiger partial charge is 0.466 e. The first-order valence-electron chi connectivity index (χ1n) is 5.91. The number of hydrogen-bond donors (Lipinski definition) is 3. The summed E-state index contributed by atoms with van der Waals surface area (Å²) >= 11 is 5.82. The Hall–Kier alpha value is -2.05. The van der Waals surface area contributed by atoms with Crippen LogP contribution in [-0.2, 0) is 5.60 Å². The first kappa shape index (κ1) is 14.4. The fourth-order valence-electron chi connectivity index (χ4n) is 1.57. The molecule has 0 aliphatic rings. The Morgan fingerprint density at radius 1 is 1.50 bits per heavy atom. The van der Waals surface area contributed by atoms with Gasteiger partial charge in [-0.3, -0.25) is 0 Å². The van der Waals surface area contributed by atoms with E-state index in [1.54, 1.807) is 31.2 Å². The van der Waals surface area contributed by atoms with Gasteiger partial charge in [-0.15, -0.1) is 0 Å². The number of urea groups is 1. The number of hydrogen-bond acceptors (Lipinski definition) is 4. The van der Waals surface area contributed by atoms with Gasteiger partial charge < -0.3 is 20.2 Å². The standard InChI is InChI=1S/C13H14ClN3O3/c1-13(19,10-5-3-7-20-10)8-16-12(18)17-9-4-2-6-15-11(9)14/h2-7,19H,8H2,1H3,(H2,16,17,18)/t13-/m1/s1. The van der Waals surface area contributed by atoms with E-state index in [0.29, 0.717) is 11.4 Å². The number of carbonyl (C=O) groups excluding carboxylic acids is 1. The first-order chi connectivity index (χ1) is 9.49. The molecule has 2 amide bonds. The predicted octanol–water partition coefficient (Wildman–Crippen LogP) is 2.36. The average molecular weight is 296 g/mol. The Labute approximate surface area is 120 Å². The van der Waals surface area contributed by atoms with Crippen molar-refractivity contribution >= 4 is 23.3 Å². The lowest BCUT2D eigenvalue weighted by Gasteiger charge is -2.21. The molecule has 0 aromatic carbocycles. The summed E-state index contributed by atoms with van der Waals surface area (Å²) in [6.45, 7) is 1.54. The molecule has 0 fully saturated rings. The summed E-state index contributed by atoms with van der Waals surface area (Å²) in [5.41, 5.74) is -0.899. The highest BCUT2D eigenvalue weighted by molar-refractivity contribution is 6.32. The molecule has 6 nitrogen and oxygen atoms in total. The molecule has 2 aromatic rings. The van der Waals surface area contributed by atoms with Gasteiger partial charge in [-0.05, 0) is 31.2 Å². The lowest BCUT2D eigenvalue weighted by atomic mass is 10.0. The van der Waals surface area contributed by atoms with E-state index in [4.69, 9.17) is 16.0 Å². The average Bonchev–Trinajstić information content (AvgIpc) is 2.94. The number of aliphatic hydroxyl groups is 1. The van der Waals surface area contributed by atoms with E-state index in [1.165, 1.54) is 12.5 Å². The number of aromatic nitrogens is 1. The molecule has 7 heteroatoms. The number of furan rings is 1. The second kappa shape index (κ2) is 5.94. The SMILES string of the molecule is C[C@@](O)(CNC(=O)Nc1cccnc1Cl)c1ccco1. The minimum absolute atomic E-state index is 0.00969. The van der Waals surface area contributed by atoms with Crippen LogP contribution in [0.4, 0.5) is 10.5 Å². The van der Waals surface area contributed by atoms with Crippen molar-refractivity contribution in [3.63, 3.8) is 0 Å². The van der Waals surface area contributed by atoms with E-state index in [2.05, 4.69) is 15.6 Å². The predicted molar refractivity (Wildman–Crippen MR) is 74.5 cm³/mol. The summed E-state index contributed by atoms with van der Waals surface area (Å²) in [4.78, 5) is 15.6. The highest BCUT2D eigenvalue weighted by atomic mass is 35.5. The summed E-state index contributed by atoms with van der Waals surface area (Å²) in [6.07, 6.45) is 2.98. The van der Waals surface area contributed by atoms with Gasteiger partial charge in [-0.25, -0.2) is 9.78 Å². The van der Waals surface area contributed by atoms with Crippen LogP contribution >= 0.6 is 11.6 Å². The number of amides is 2. The zero-order chi connectivity index (χ0) is 14.6. The summed E-state index contributed by atoms with van der Waals surface area (Å²) in [5.74, 6) is 0.372. The fourth-order valence-corrected chi connectivity index (χ4v) is 1.74. The smallest absolute Gasteiger partial charge is 0.319 e. The van der Waals surface area contributed by atoms with Crippen molar-refractivity contribution in [3.8, 4) is 0 Å². The van der Waals surface area contributed by atoms with Crippen LogP contribution in [0.1, 0.15) is 12.7 Å². The van der Waals surface area contributed by atoms with Crippen LogP contribution in [0.15, 0.2) is 41.1 Å². The molecule has 0 aliphatic heterocycles. The van der Waals surface area contributed by atoms with Gasteiger partial charge in [-0.1, -0.05) is 11.6 Å². The van der Waals surface area contributed by atoms with E-state index in [-0.39, 0.29) is 11.7 Å². The van der Waals surface area contributed by atoms with E-state index in [0.717, 1.165) is 0 Å². The molecule has 3 N–H and O–H groups in total. The molecular weight excluding hydrogens is 282 g/mol. The number of halogens is 1. The first-order valence-corrected chi connectivity index (χ1v) is 6.28. The number of nitrogens with one attached hydrogen (secondary N) is 2. The normalized spacial score (nSPS) is 13.6. The van der Waals surface area contributed by atoms with Crippen molar-refractivity contribution in [2.45, 2.75) is 12.5 Å². The molecule has 2 aromatic heterocycles. The maximum Gasteiger partial charge on any atom is 0.319 e. The second-order valence-corrected chi connectivity index (χ2v) is 4.76. The Balaban J connectivity index is 1.91. The van der Waals surface area contributed by atoms with Crippen molar-refractivity contribution in [2.75, 3.05) is 11.9 Å². The molecule has 2 heterocycles. The third-order valence-electron chi connectivity index (χ3n) is 2.65. The van der Waals surface area contributed by atoms with Crippen molar-refractivity contribution in [1.29, 1.82) is 0 Å². The Morgan fingerprint density at radius 3 is 2.95 bits per heavy atom. The van der Waals surface area contributed by atoms with Crippen LogP contribution < -0.4 is 10.6 Å². The number of nitrogens with zero attached hydrogens (tertiary/aromatic N) is 1. The van der Waals surface area contributed by atoms with Crippen LogP contribution in [-0.4, -0.2) is 22.7 Å². The van der Waals surface area contributed by atoms with Crippen molar-refractivity contribution < 1.29 is 14.3 Å². The summed E-state index contributed by atoms with van der Waals surface area (Å²) in [7, 11) is 0. The Kier molecular flexibility index (Phi) is 4.26. The third-order valence-corrected chi connectivity index (χ3v) is 2.95. The quantitative estimate of drug-likeness (QED) is 0.756. The second-order valence-electron chi connectivity index (χ2n) is 4.40. The van der Waals surface area contributed by atoms with E-state index in [9.17, 15) is 9.90 Å². The number of pyridine rings is 1. The van der Waals surface area contributed by atoms with Gasteiger partial charge in [0.1, 0.15) is 11.4 Å².